The van der Waals surface area contributed by atoms with Crippen molar-refractivity contribution in [1.29, 1.82) is 0 Å². The highest BCUT2D eigenvalue weighted by molar-refractivity contribution is 6.00. The molecule has 25 heavy (non-hydrogen) atoms. The molecule has 5 rings (SSSR count). The Morgan fingerprint density at radius 3 is 2.48 bits per heavy atom. The van der Waals surface area contributed by atoms with Gasteiger partial charge in [0.15, 0.2) is 0 Å². The highest BCUT2D eigenvalue weighted by Crippen LogP contribution is 2.40. The van der Waals surface area contributed by atoms with Crippen molar-refractivity contribution >= 4 is 22.4 Å². The number of allylic oxidation sites excluding steroid dienone is 1. The quantitative estimate of drug-likeness (QED) is 0.410. The third-order valence-electron chi connectivity index (χ3n) is 5.14. The van der Waals surface area contributed by atoms with E-state index in [1.54, 1.807) is 6.26 Å². The Balaban J connectivity index is 1.67. The van der Waals surface area contributed by atoms with Crippen LogP contribution in [0.15, 0.2) is 77.4 Å². The molecule has 0 radical (unpaired) electrons. The fourth-order valence-corrected chi connectivity index (χ4v) is 3.93. The van der Waals surface area contributed by atoms with Crippen molar-refractivity contribution in [3.63, 3.8) is 0 Å². The lowest BCUT2D eigenvalue weighted by Gasteiger charge is -2.12. The van der Waals surface area contributed by atoms with Gasteiger partial charge in [0, 0.05) is 12.0 Å². The first-order valence-corrected chi connectivity index (χ1v) is 8.66. The van der Waals surface area contributed by atoms with E-state index in [0.717, 1.165) is 12.2 Å². The summed E-state index contributed by atoms with van der Waals surface area (Å²) in [7, 11) is 0. The van der Waals surface area contributed by atoms with Crippen LogP contribution in [-0.2, 0) is 6.42 Å². The fraction of sp³-hybridized carbons (Fsp3) is 0.0833. The summed E-state index contributed by atoms with van der Waals surface area (Å²) in [4.78, 5) is 0. The Kier molecular flexibility index (Phi) is 3.14. The monoisotopic (exact) mass is 322 g/mol. The van der Waals surface area contributed by atoms with Gasteiger partial charge in [-0.25, -0.2) is 0 Å². The Bertz CT molecular complexity index is 1120. The lowest BCUT2D eigenvalue weighted by Crippen LogP contribution is -1.91. The molecule has 0 fully saturated rings. The summed E-state index contributed by atoms with van der Waals surface area (Å²) in [5.41, 5.74) is 7.79. The van der Waals surface area contributed by atoms with Gasteiger partial charge in [-0.3, -0.25) is 0 Å². The van der Waals surface area contributed by atoms with Gasteiger partial charge in [0.25, 0.3) is 0 Å². The lowest BCUT2D eigenvalue weighted by atomic mass is 9.92. The van der Waals surface area contributed by atoms with Gasteiger partial charge < -0.3 is 4.42 Å². The third kappa shape index (κ3) is 2.24. The van der Waals surface area contributed by atoms with E-state index in [4.69, 9.17) is 4.42 Å². The zero-order valence-corrected chi connectivity index (χ0v) is 14.1. The lowest BCUT2D eigenvalue weighted by molar-refractivity contribution is 0.550. The van der Waals surface area contributed by atoms with Gasteiger partial charge in [-0.15, -0.1) is 0 Å². The number of aryl methyl sites for hydroxylation is 1. The fourth-order valence-electron chi connectivity index (χ4n) is 3.93. The maximum absolute atomic E-state index is 5.73. The normalized spacial score (nSPS) is 13.1. The van der Waals surface area contributed by atoms with Crippen LogP contribution in [0.4, 0.5) is 0 Å². The Morgan fingerprint density at radius 2 is 1.60 bits per heavy atom. The summed E-state index contributed by atoms with van der Waals surface area (Å²) in [5.74, 6) is 1.01. The zero-order chi connectivity index (χ0) is 16.8. The van der Waals surface area contributed by atoms with Gasteiger partial charge in [0.1, 0.15) is 5.76 Å². The van der Waals surface area contributed by atoms with E-state index in [0.29, 0.717) is 0 Å². The van der Waals surface area contributed by atoms with E-state index in [-0.39, 0.29) is 0 Å². The van der Waals surface area contributed by atoms with Crippen molar-refractivity contribution in [2.75, 3.05) is 0 Å². The number of hydrogen-bond acceptors (Lipinski definition) is 1. The molecule has 1 heterocycles. The van der Waals surface area contributed by atoms with Crippen molar-refractivity contribution in [3.05, 3.63) is 95.4 Å². The molecular formula is C24H18O. The molecule has 0 aliphatic heterocycles. The molecule has 0 spiro atoms. The molecule has 0 atom stereocenters. The molecule has 0 bridgehead atoms. The summed E-state index contributed by atoms with van der Waals surface area (Å²) in [5, 5.41) is 2.59. The van der Waals surface area contributed by atoms with Gasteiger partial charge in [0.05, 0.1) is 6.26 Å². The number of fused-ring (bicyclic) bond motifs is 2. The van der Waals surface area contributed by atoms with Crippen molar-refractivity contribution in [2.45, 2.75) is 13.3 Å². The SMILES string of the molecule is Cc1ccoc1C1=Cc2cccc(-c3cccc4ccccc34)c2C1. The summed E-state index contributed by atoms with van der Waals surface area (Å²) in [6, 6.07) is 23.8. The summed E-state index contributed by atoms with van der Waals surface area (Å²) >= 11 is 0. The first kappa shape index (κ1) is 14.3. The molecule has 1 aliphatic carbocycles. The largest absolute Gasteiger partial charge is 0.464 e. The van der Waals surface area contributed by atoms with E-state index in [1.165, 1.54) is 44.2 Å². The van der Waals surface area contributed by atoms with Gasteiger partial charge in [-0.2, -0.15) is 0 Å². The van der Waals surface area contributed by atoms with E-state index >= 15 is 0 Å². The molecule has 0 saturated carbocycles. The van der Waals surface area contributed by atoms with Crippen molar-refractivity contribution in [1.82, 2.24) is 0 Å². The maximum atomic E-state index is 5.73. The first-order chi connectivity index (χ1) is 12.3. The standard InChI is InChI=1S/C24H18O/c1-16-12-13-25-24(16)19-14-18-8-5-11-22(23(18)15-19)21-10-4-7-17-6-2-3-9-20(17)21/h2-14H,15H2,1H3. The van der Waals surface area contributed by atoms with Crippen LogP contribution in [0.25, 0.3) is 33.5 Å². The number of benzene rings is 3. The zero-order valence-electron chi connectivity index (χ0n) is 14.1. The third-order valence-corrected chi connectivity index (χ3v) is 5.14. The summed E-state index contributed by atoms with van der Waals surface area (Å²) < 4.78 is 5.73. The van der Waals surface area contributed by atoms with Gasteiger partial charge in [-0.1, -0.05) is 60.7 Å². The molecule has 1 aliphatic rings. The van der Waals surface area contributed by atoms with E-state index in [1.807, 2.05) is 6.07 Å². The molecule has 120 valence electrons. The van der Waals surface area contributed by atoms with E-state index in [9.17, 15) is 0 Å². The van der Waals surface area contributed by atoms with Crippen LogP contribution in [0.2, 0.25) is 0 Å². The number of rotatable bonds is 2. The average Bonchev–Trinajstić information content (AvgIpc) is 3.26. The van der Waals surface area contributed by atoms with Gasteiger partial charge in [0.2, 0.25) is 0 Å². The van der Waals surface area contributed by atoms with E-state index < -0.39 is 0 Å². The minimum Gasteiger partial charge on any atom is -0.464 e. The second kappa shape index (κ2) is 5.49. The van der Waals surface area contributed by atoms with Gasteiger partial charge >= 0.3 is 0 Å². The molecule has 3 aromatic carbocycles. The van der Waals surface area contributed by atoms with Crippen LogP contribution in [0.3, 0.4) is 0 Å². The van der Waals surface area contributed by atoms with Gasteiger partial charge in [-0.05, 0) is 57.7 Å². The van der Waals surface area contributed by atoms with Crippen LogP contribution < -0.4 is 0 Å². The number of furan rings is 1. The smallest absolute Gasteiger partial charge is 0.133 e. The summed E-state index contributed by atoms with van der Waals surface area (Å²) in [6.45, 7) is 2.11. The maximum Gasteiger partial charge on any atom is 0.133 e. The average molecular weight is 322 g/mol. The molecule has 0 amide bonds. The van der Waals surface area contributed by atoms with Crippen LogP contribution in [-0.4, -0.2) is 0 Å². The molecule has 0 N–H and O–H groups in total. The van der Waals surface area contributed by atoms with Crippen molar-refractivity contribution < 1.29 is 4.42 Å². The Morgan fingerprint density at radius 1 is 0.800 bits per heavy atom. The highest BCUT2D eigenvalue weighted by atomic mass is 16.3. The first-order valence-electron chi connectivity index (χ1n) is 8.66. The minimum absolute atomic E-state index is 0.920. The molecule has 0 unspecified atom stereocenters. The van der Waals surface area contributed by atoms with Crippen LogP contribution >= 0.6 is 0 Å². The molecule has 4 aromatic rings. The van der Waals surface area contributed by atoms with Crippen molar-refractivity contribution in [2.24, 2.45) is 0 Å². The van der Waals surface area contributed by atoms with Crippen LogP contribution in [0.5, 0.6) is 0 Å². The molecule has 0 saturated heterocycles. The van der Waals surface area contributed by atoms with E-state index in [2.05, 4.69) is 73.7 Å². The number of hydrogen-bond donors (Lipinski definition) is 0. The second-order valence-corrected chi connectivity index (χ2v) is 6.68. The Hall–Kier alpha value is -3.06. The summed E-state index contributed by atoms with van der Waals surface area (Å²) in [6.07, 6.45) is 4.97. The predicted molar refractivity (Wildman–Crippen MR) is 104 cm³/mol. The molecule has 1 nitrogen and oxygen atoms in total. The predicted octanol–water partition coefficient (Wildman–Crippen LogP) is 6.50. The molecule has 1 heteroatoms. The van der Waals surface area contributed by atoms with Crippen LogP contribution in [0.1, 0.15) is 22.5 Å². The topological polar surface area (TPSA) is 13.1 Å². The second-order valence-electron chi connectivity index (χ2n) is 6.68. The molecular weight excluding hydrogens is 304 g/mol. The highest BCUT2D eigenvalue weighted by Gasteiger charge is 2.21. The minimum atomic E-state index is 0.920. The van der Waals surface area contributed by atoms with Crippen molar-refractivity contribution in [3.8, 4) is 11.1 Å². The molecule has 1 aromatic heterocycles. The Labute approximate surface area is 147 Å². The van der Waals surface area contributed by atoms with Crippen LogP contribution in [0, 0.1) is 6.92 Å².